The van der Waals surface area contributed by atoms with Gasteiger partial charge in [-0.1, -0.05) is 6.42 Å². The van der Waals surface area contributed by atoms with Crippen LogP contribution in [0.1, 0.15) is 42.9 Å². The van der Waals surface area contributed by atoms with Crippen LogP contribution in [0.15, 0.2) is 12.1 Å². The molecule has 6 nitrogen and oxygen atoms in total. The molecule has 4 rings (SSSR count). The van der Waals surface area contributed by atoms with Gasteiger partial charge in [-0.15, -0.1) is 0 Å². The fourth-order valence-electron chi connectivity index (χ4n) is 5.03. The zero-order valence-electron chi connectivity index (χ0n) is 16.4. The molecule has 0 saturated carbocycles. The molecule has 0 unspecified atom stereocenters. The van der Waals surface area contributed by atoms with Gasteiger partial charge in [-0.2, -0.15) is 0 Å². The van der Waals surface area contributed by atoms with Crippen molar-refractivity contribution in [1.29, 1.82) is 0 Å². The normalized spacial score (nSPS) is 26.6. The number of ether oxygens (including phenoxy) is 4. The van der Waals surface area contributed by atoms with Gasteiger partial charge in [-0.25, -0.2) is 0 Å². The van der Waals surface area contributed by atoms with Crippen molar-refractivity contribution in [3.63, 3.8) is 0 Å². The molecule has 0 radical (unpaired) electrons. The smallest absolute Gasteiger partial charge is 0.174 e. The summed E-state index contributed by atoms with van der Waals surface area (Å²) in [5.74, 6) is 1.44. The third-order valence-corrected chi connectivity index (χ3v) is 6.41. The number of unbranched alkanes of at least 4 members (excludes halogenated alkanes) is 1. The van der Waals surface area contributed by atoms with Gasteiger partial charge >= 0.3 is 0 Å². The maximum Gasteiger partial charge on any atom is 0.174 e. The number of methoxy groups -OCH3 is 2. The Hall–Kier alpha value is -1.34. The highest BCUT2D eigenvalue weighted by Gasteiger charge is 2.52. The first-order chi connectivity index (χ1) is 13.2. The van der Waals surface area contributed by atoms with E-state index in [0.29, 0.717) is 19.1 Å². The van der Waals surface area contributed by atoms with E-state index in [1.54, 1.807) is 14.2 Å². The van der Waals surface area contributed by atoms with Crippen LogP contribution in [0.2, 0.25) is 0 Å². The van der Waals surface area contributed by atoms with Gasteiger partial charge in [0.15, 0.2) is 17.3 Å². The van der Waals surface area contributed by atoms with Gasteiger partial charge in [0.05, 0.1) is 27.4 Å². The Bertz CT molecular complexity index is 658. The Morgan fingerprint density at radius 1 is 1.15 bits per heavy atom. The predicted molar refractivity (Wildman–Crippen MR) is 101 cm³/mol. The lowest BCUT2D eigenvalue weighted by atomic mass is 9.77. The van der Waals surface area contributed by atoms with Crippen molar-refractivity contribution in [2.75, 3.05) is 47.1 Å². The lowest BCUT2D eigenvalue weighted by molar-refractivity contribution is -0.235. The van der Waals surface area contributed by atoms with Crippen LogP contribution >= 0.6 is 0 Å². The number of rotatable bonds is 6. The lowest BCUT2D eigenvalue weighted by Crippen LogP contribution is -2.55. The number of nitrogens with zero attached hydrogens (tertiary/aromatic N) is 1. The molecule has 3 aliphatic rings. The number of hydrogen-bond acceptors (Lipinski definition) is 6. The Morgan fingerprint density at radius 2 is 1.89 bits per heavy atom. The average Bonchev–Trinajstić information content (AvgIpc) is 3.16. The van der Waals surface area contributed by atoms with Crippen molar-refractivity contribution >= 4 is 0 Å². The number of fused-ring (bicyclic) bond motifs is 3. The lowest BCUT2D eigenvalue weighted by Gasteiger charge is -2.51. The highest BCUT2D eigenvalue weighted by Crippen LogP contribution is 2.49. The summed E-state index contributed by atoms with van der Waals surface area (Å²) in [5, 5.41) is 9.15. The molecule has 1 N–H and O–H groups in total. The molecule has 1 aromatic carbocycles. The van der Waals surface area contributed by atoms with Gasteiger partial charge in [0, 0.05) is 38.1 Å². The van der Waals surface area contributed by atoms with Crippen molar-refractivity contribution in [2.24, 2.45) is 5.92 Å². The van der Waals surface area contributed by atoms with Crippen LogP contribution in [0.3, 0.4) is 0 Å². The van der Waals surface area contributed by atoms with Crippen LogP contribution in [0, 0.1) is 5.92 Å². The second-order valence-corrected chi connectivity index (χ2v) is 7.80. The number of aliphatic hydroxyl groups is 1. The molecule has 0 aromatic heterocycles. The first-order valence-corrected chi connectivity index (χ1v) is 10.1. The average molecular weight is 377 g/mol. The first kappa shape index (κ1) is 19.0. The Balaban J connectivity index is 1.62. The maximum atomic E-state index is 9.15. The first-order valence-electron chi connectivity index (χ1n) is 10.1. The third-order valence-electron chi connectivity index (χ3n) is 6.41. The fourth-order valence-corrected chi connectivity index (χ4v) is 5.03. The van der Waals surface area contributed by atoms with Crippen LogP contribution in [0.4, 0.5) is 0 Å². The van der Waals surface area contributed by atoms with Gasteiger partial charge in [0.1, 0.15) is 0 Å². The van der Waals surface area contributed by atoms with Gasteiger partial charge in [0.2, 0.25) is 0 Å². The highest BCUT2D eigenvalue weighted by atomic mass is 16.7. The van der Waals surface area contributed by atoms with Gasteiger partial charge < -0.3 is 24.1 Å². The summed E-state index contributed by atoms with van der Waals surface area (Å²) in [4.78, 5) is 2.58. The van der Waals surface area contributed by atoms with Crippen LogP contribution < -0.4 is 9.47 Å². The highest BCUT2D eigenvalue weighted by molar-refractivity contribution is 5.49. The number of benzene rings is 1. The summed E-state index contributed by atoms with van der Waals surface area (Å²) >= 11 is 0. The maximum absolute atomic E-state index is 9.15. The van der Waals surface area contributed by atoms with E-state index >= 15 is 0 Å². The Labute approximate surface area is 161 Å². The molecule has 1 aromatic rings. The summed E-state index contributed by atoms with van der Waals surface area (Å²) in [5.41, 5.74) is 2.65. The molecule has 3 heterocycles. The molecule has 150 valence electrons. The molecule has 6 heteroatoms. The van der Waals surface area contributed by atoms with Gasteiger partial charge in [-0.3, -0.25) is 4.90 Å². The fraction of sp³-hybridized carbons (Fsp3) is 0.714. The van der Waals surface area contributed by atoms with Crippen LogP contribution in [-0.4, -0.2) is 62.9 Å². The van der Waals surface area contributed by atoms with Gasteiger partial charge in [0.25, 0.3) is 0 Å². The summed E-state index contributed by atoms with van der Waals surface area (Å²) in [7, 11) is 3.37. The molecule has 2 fully saturated rings. The van der Waals surface area contributed by atoms with Crippen molar-refractivity contribution in [2.45, 2.75) is 43.9 Å². The van der Waals surface area contributed by atoms with Crippen molar-refractivity contribution in [3.8, 4) is 11.5 Å². The van der Waals surface area contributed by atoms with Crippen molar-refractivity contribution in [3.05, 3.63) is 23.3 Å². The second kappa shape index (κ2) is 7.95. The Morgan fingerprint density at radius 3 is 2.59 bits per heavy atom. The van der Waals surface area contributed by atoms with E-state index in [2.05, 4.69) is 17.0 Å². The van der Waals surface area contributed by atoms with E-state index in [9.17, 15) is 0 Å². The zero-order chi connectivity index (χ0) is 18.9. The molecule has 27 heavy (non-hydrogen) atoms. The van der Waals surface area contributed by atoms with Crippen molar-refractivity contribution in [1.82, 2.24) is 4.90 Å². The largest absolute Gasteiger partial charge is 0.493 e. The quantitative estimate of drug-likeness (QED) is 0.769. The molecular formula is C21H31NO5. The number of piperidine rings is 1. The minimum absolute atomic E-state index is 0.253. The molecule has 1 spiro atoms. The zero-order valence-corrected chi connectivity index (χ0v) is 16.4. The molecular weight excluding hydrogens is 346 g/mol. The summed E-state index contributed by atoms with van der Waals surface area (Å²) < 4.78 is 23.5. The number of aliphatic hydroxyl groups excluding tert-OH is 1. The summed E-state index contributed by atoms with van der Waals surface area (Å²) in [6.07, 6.45) is 4.75. The van der Waals surface area contributed by atoms with Crippen LogP contribution in [-0.2, 0) is 15.9 Å². The molecule has 0 bridgehead atoms. The second-order valence-electron chi connectivity index (χ2n) is 7.80. The van der Waals surface area contributed by atoms with E-state index in [1.807, 2.05) is 0 Å². The minimum Gasteiger partial charge on any atom is -0.493 e. The summed E-state index contributed by atoms with van der Waals surface area (Å²) in [6, 6.07) is 4.54. The van der Waals surface area contributed by atoms with E-state index in [0.717, 1.165) is 56.7 Å². The van der Waals surface area contributed by atoms with Crippen LogP contribution in [0.5, 0.6) is 11.5 Å². The van der Waals surface area contributed by atoms with Gasteiger partial charge in [-0.05, 0) is 42.5 Å². The predicted octanol–water partition coefficient (Wildman–Crippen LogP) is 2.53. The molecule has 0 aliphatic carbocycles. The molecule has 2 atom stereocenters. The minimum atomic E-state index is -0.488. The topological polar surface area (TPSA) is 60.4 Å². The van der Waals surface area contributed by atoms with Crippen LogP contribution in [0.25, 0.3) is 0 Å². The monoisotopic (exact) mass is 377 g/mol. The number of hydrogen-bond donors (Lipinski definition) is 1. The van der Waals surface area contributed by atoms with Crippen molar-refractivity contribution < 1.29 is 24.1 Å². The van der Waals surface area contributed by atoms with E-state index in [-0.39, 0.29) is 12.6 Å². The Kier molecular flexibility index (Phi) is 5.60. The standard InChI is InChI=1S/C21H31NO5/c1-24-19-11-15-6-7-22-14-16(5-3-4-8-23)21(26-9-10-27-21)13-18(22)17(15)12-20(19)25-2/h11-12,16,18,23H,3-10,13-14H2,1-2H3/t16-,18-/m1/s1. The third kappa shape index (κ3) is 3.44. The summed E-state index contributed by atoms with van der Waals surface area (Å²) in [6.45, 7) is 3.61. The molecule has 2 saturated heterocycles. The SMILES string of the molecule is COc1cc2c(cc1OC)[C@H]1CC3(OCCO3)[C@H](CCCCO)CN1CC2. The molecule has 0 amide bonds. The van der Waals surface area contributed by atoms with E-state index in [1.165, 1.54) is 11.1 Å². The van der Waals surface area contributed by atoms with E-state index in [4.69, 9.17) is 24.1 Å². The molecule has 3 aliphatic heterocycles. The van der Waals surface area contributed by atoms with E-state index < -0.39 is 5.79 Å².